The van der Waals surface area contributed by atoms with Crippen LogP contribution < -0.4 is 34.0 Å². The van der Waals surface area contributed by atoms with Crippen LogP contribution in [-0.4, -0.2) is 0 Å². The smallest absolute Gasteiger partial charge is 1.00 e. The van der Waals surface area contributed by atoms with Gasteiger partial charge in [-0.05, 0) is 12.3 Å². The Labute approximate surface area is 200 Å². The molecular weight excluding hydrogens is 527 g/mol. The molecule has 0 radical (unpaired) electrons. The van der Waals surface area contributed by atoms with Gasteiger partial charge in [-0.2, -0.15) is 17.2 Å². The predicted octanol–water partition coefficient (Wildman–Crippen LogP) is 0.875. The SMILES string of the molecule is CC(C)Cc1cc2ccccc2[cH-]1.CC1=[C-]C(C)(C)C(C)=C1C.[Br-].[Br-].[Zr+4]. The zero-order valence-corrected chi connectivity index (χ0v) is 22.6. The molecule has 0 atom stereocenters. The molecule has 0 aromatic heterocycles. The molecule has 0 nitrogen and oxygen atoms in total. The Balaban J connectivity index is 0. The zero-order chi connectivity index (χ0) is 17.2. The molecule has 0 aliphatic heterocycles. The molecule has 2 aromatic rings. The maximum absolute atomic E-state index is 3.44. The minimum atomic E-state index is 0. The van der Waals surface area contributed by atoms with E-state index in [2.05, 4.69) is 90.9 Å². The van der Waals surface area contributed by atoms with Crippen molar-refractivity contribution in [1.82, 2.24) is 0 Å². The summed E-state index contributed by atoms with van der Waals surface area (Å²) in [5, 5.41) is 2.75. The number of fused-ring (bicyclic) bond motifs is 1. The average Bonchev–Trinajstić information content (AvgIpc) is 2.93. The zero-order valence-electron chi connectivity index (χ0n) is 17.0. The predicted molar refractivity (Wildman–Crippen MR) is 103 cm³/mol. The molecular formula is C23H30Br2Zr. The first-order valence-electron chi connectivity index (χ1n) is 8.65. The van der Waals surface area contributed by atoms with Crippen LogP contribution in [0.25, 0.3) is 10.8 Å². The molecule has 1 aliphatic carbocycles. The Morgan fingerprint density at radius 2 is 1.62 bits per heavy atom. The summed E-state index contributed by atoms with van der Waals surface area (Å²) in [5.74, 6) is 0.747. The van der Waals surface area contributed by atoms with E-state index in [9.17, 15) is 0 Å². The van der Waals surface area contributed by atoms with Crippen molar-refractivity contribution in [3.05, 3.63) is 64.8 Å². The molecule has 1 aliphatic rings. The van der Waals surface area contributed by atoms with Gasteiger partial charge in [-0.1, -0.05) is 53.0 Å². The summed E-state index contributed by atoms with van der Waals surface area (Å²) in [6.07, 6.45) is 4.62. The number of halogens is 2. The van der Waals surface area contributed by atoms with Crippen LogP contribution in [0, 0.1) is 17.4 Å². The average molecular weight is 558 g/mol. The van der Waals surface area contributed by atoms with Crippen LogP contribution in [0.2, 0.25) is 0 Å². The number of allylic oxidation sites excluding steroid dienone is 4. The van der Waals surface area contributed by atoms with Gasteiger partial charge in [0.05, 0.1) is 0 Å². The summed E-state index contributed by atoms with van der Waals surface area (Å²) < 4.78 is 0. The summed E-state index contributed by atoms with van der Waals surface area (Å²) in [6.45, 7) is 15.4. The van der Waals surface area contributed by atoms with Crippen LogP contribution in [0.3, 0.4) is 0 Å². The molecule has 0 saturated heterocycles. The summed E-state index contributed by atoms with van der Waals surface area (Å²) in [6, 6.07) is 13.2. The van der Waals surface area contributed by atoms with Crippen LogP contribution in [0.5, 0.6) is 0 Å². The molecule has 0 N–H and O–H groups in total. The van der Waals surface area contributed by atoms with Crippen molar-refractivity contribution < 1.29 is 60.2 Å². The molecule has 140 valence electrons. The van der Waals surface area contributed by atoms with E-state index in [0.717, 1.165) is 5.92 Å². The molecule has 2 aromatic carbocycles. The molecule has 0 fully saturated rings. The Bertz CT molecular complexity index is 715. The number of hydrogen-bond donors (Lipinski definition) is 0. The van der Waals surface area contributed by atoms with Crippen LogP contribution in [0.15, 0.2) is 53.1 Å². The van der Waals surface area contributed by atoms with Gasteiger partial charge in [0, 0.05) is 0 Å². The van der Waals surface area contributed by atoms with E-state index < -0.39 is 0 Å². The molecule has 0 heterocycles. The molecule has 3 heteroatoms. The van der Waals surface area contributed by atoms with Crippen LogP contribution in [-0.2, 0) is 32.6 Å². The Morgan fingerprint density at radius 3 is 2.00 bits per heavy atom. The van der Waals surface area contributed by atoms with Crippen molar-refractivity contribution in [3.8, 4) is 0 Å². The van der Waals surface area contributed by atoms with Gasteiger partial charge >= 0.3 is 26.2 Å². The van der Waals surface area contributed by atoms with Crippen molar-refractivity contribution in [1.29, 1.82) is 0 Å². The van der Waals surface area contributed by atoms with Gasteiger partial charge < -0.3 is 34.0 Å². The molecule has 0 spiro atoms. The maximum atomic E-state index is 3.44. The Hall–Kier alpha value is 0.153. The van der Waals surface area contributed by atoms with Crippen molar-refractivity contribution in [2.24, 2.45) is 11.3 Å². The van der Waals surface area contributed by atoms with Crippen LogP contribution in [0.1, 0.15) is 54.0 Å². The third kappa shape index (κ3) is 7.29. The van der Waals surface area contributed by atoms with E-state index in [1.54, 1.807) is 0 Å². The first kappa shape index (κ1) is 28.4. The van der Waals surface area contributed by atoms with Gasteiger partial charge in [0.2, 0.25) is 0 Å². The molecule has 0 amide bonds. The van der Waals surface area contributed by atoms with Gasteiger partial charge in [0.25, 0.3) is 0 Å². The number of benzene rings is 1. The van der Waals surface area contributed by atoms with Crippen LogP contribution in [0.4, 0.5) is 0 Å². The third-order valence-electron chi connectivity index (χ3n) is 4.88. The van der Waals surface area contributed by atoms with E-state index in [1.807, 2.05) is 0 Å². The maximum Gasteiger partial charge on any atom is 4.00 e. The largest absolute Gasteiger partial charge is 4.00 e. The van der Waals surface area contributed by atoms with E-state index in [4.69, 9.17) is 0 Å². The number of rotatable bonds is 2. The van der Waals surface area contributed by atoms with E-state index in [-0.39, 0.29) is 65.6 Å². The minimum absolute atomic E-state index is 0. The monoisotopic (exact) mass is 554 g/mol. The first-order chi connectivity index (χ1) is 10.7. The van der Waals surface area contributed by atoms with Gasteiger partial charge in [-0.3, -0.25) is 6.08 Å². The summed E-state index contributed by atoms with van der Waals surface area (Å²) in [4.78, 5) is 0. The van der Waals surface area contributed by atoms with Crippen molar-refractivity contribution in [3.63, 3.8) is 0 Å². The summed E-state index contributed by atoms with van der Waals surface area (Å²) >= 11 is 0. The Morgan fingerprint density at radius 1 is 1.04 bits per heavy atom. The van der Waals surface area contributed by atoms with E-state index in [1.165, 1.54) is 39.5 Å². The molecule has 0 bridgehead atoms. The first-order valence-corrected chi connectivity index (χ1v) is 8.65. The molecule has 0 saturated carbocycles. The second-order valence-electron chi connectivity index (χ2n) is 7.72. The second-order valence-corrected chi connectivity index (χ2v) is 7.72. The van der Waals surface area contributed by atoms with Crippen molar-refractivity contribution in [2.45, 2.75) is 54.9 Å². The fourth-order valence-corrected chi connectivity index (χ4v) is 3.21. The fraction of sp³-hybridized carbons (Fsp3) is 0.435. The second kappa shape index (κ2) is 11.9. The standard InChI is InChI=1S/C13H15.C10H15.2BrH.Zr/c1-10(2)7-11-8-12-5-3-4-6-13(12)9-11;1-7-6-10(4,5)9(3)8(7)2;;;/h3-6,8-10H,7H2,1-2H3;1-5H3;2*1H;/q2*-1;;;+4/p-2. The quantitative estimate of drug-likeness (QED) is 0.482. The van der Waals surface area contributed by atoms with Crippen molar-refractivity contribution in [2.75, 3.05) is 0 Å². The molecule has 0 unspecified atom stereocenters. The van der Waals surface area contributed by atoms with Gasteiger partial charge in [0.15, 0.2) is 0 Å². The van der Waals surface area contributed by atoms with Gasteiger partial charge in [-0.15, -0.1) is 47.5 Å². The summed E-state index contributed by atoms with van der Waals surface area (Å²) in [5.41, 5.74) is 5.86. The summed E-state index contributed by atoms with van der Waals surface area (Å²) in [7, 11) is 0. The Kier molecular flexibility index (Phi) is 13.0. The number of hydrogen-bond acceptors (Lipinski definition) is 0. The normalized spacial score (nSPS) is 14.7. The molecule has 3 rings (SSSR count). The van der Waals surface area contributed by atoms with E-state index in [0.29, 0.717) is 0 Å². The van der Waals surface area contributed by atoms with Crippen LogP contribution >= 0.6 is 0 Å². The van der Waals surface area contributed by atoms with Gasteiger partial charge in [0.1, 0.15) is 0 Å². The minimum Gasteiger partial charge on any atom is -1.00 e. The molecule has 26 heavy (non-hydrogen) atoms. The topological polar surface area (TPSA) is 0 Å². The van der Waals surface area contributed by atoms with E-state index >= 15 is 0 Å². The third-order valence-corrected chi connectivity index (χ3v) is 4.88. The van der Waals surface area contributed by atoms with Crippen molar-refractivity contribution >= 4 is 10.8 Å². The van der Waals surface area contributed by atoms with Gasteiger partial charge in [-0.25, -0.2) is 5.57 Å². The fourth-order valence-electron chi connectivity index (χ4n) is 3.21.